The first-order chi connectivity index (χ1) is 10.5. The Morgan fingerprint density at radius 2 is 2.36 bits per heavy atom. The minimum Gasteiger partial charge on any atom is -0.394 e. The van der Waals surface area contributed by atoms with Gasteiger partial charge in [-0.15, -0.1) is 0 Å². The van der Waals surface area contributed by atoms with E-state index in [4.69, 9.17) is 15.6 Å². The van der Waals surface area contributed by atoms with E-state index in [1.165, 1.54) is 4.57 Å². The van der Waals surface area contributed by atoms with Gasteiger partial charge in [-0.1, -0.05) is 18.6 Å². The molecule has 0 aromatic carbocycles. The Labute approximate surface area is 129 Å². The van der Waals surface area contributed by atoms with Crippen molar-refractivity contribution in [1.82, 2.24) is 9.55 Å². The van der Waals surface area contributed by atoms with Crippen LogP contribution in [-0.4, -0.2) is 38.6 Å². The average molecular weight is 309 g/mol. The van der Waals surface area contributed by atoms with E-state index in [-0.39, 0.29) is 18.8 Å². The van der Waals surface area contributed by atoms with Gasteiger partial charge in [-0.2, -0.15) is 4.98 Å². The lowest BCUT2D eigenvalue weighted by Gasteiger charge is -2.16. The molecule has 0 radical (unpaired) electrons. The molecule has 3 atom stereocenters. The molecule has 7 nitrogen and oxygen atoms in total. The lowest BCUT2D eigenvalue weighted by atomic mass is 10.1. The molecule has 1 aromatic heterocycles. The summed E-state index contributed by atoms with van der Waals surface area (Å²) in [6.45, 7) is 3.75. The van der Waals surface area contributed by atoms with Crippen LogP contribution in [0.4, 0.5) is 5.82 Å². The summed E-state index contributed by atoms with van der Waals surface area (Å²) in [7, 11) is 0. The van der Waals surface area contributed by atoms with Crippen molar-refractivity contribution in [2.75, 3.05) is 12.3 Å². The zero-order valence-electron chi connectivity index (χ0n) is 12.9. The van der Waals surface area contributed by atoms with Gasteiger partial charge in [0.15, 0.2) is 0 Å². The Morgan fingerprint density at radius 1 is 1.64 bits per heavy atom. The van der Waals surface area contributed by atoms with E-state index in [9.17, 15) is 9.90 Å². The van der Waals surface area contributed by atoms with Crippen molar-refractivity contribution in [3.8, 4) is 0 Å². The minimum absolute atomic E-state index is 0.211. The molecule has 1 saturated heterocycles. The molecule has 0 spiro atoms. The number of hydrogen-bond donors (Lipinski definition) is 3. The maximum absolute atomic E-state index is 12.0. The summed E-state index contributed by atoms with van der Waals surface area (Å²) in [5.74, 6) is 0.211. The summed E-state index contributed by atoms with van der Waals surface area (Å²) >= 11 is 0. The number of aliphatic hydroxyl groups excluding tert-OH is 2. The van der Waals surface area contributed by atoms with E-state index < -0.39 is 24.1 Å². The first kappa shape index (κ1) is 16.7. The molecule has 1 aliphatic heterocycles. The monoisotopic (exact) mass is 309 g/mol. The van der Waals surface area contributed by atoms with Gasteiger partial charge in [-0.25, -0.2) is 4.79 Å². The number of nitrogens with two attached hydrogens (primary N) is 1. The number of anilines is 1. The SMILES string of the molecule is CCC=C(C)Cc1cn([C@H]2C[C@H](O)[C@@H](CO)O2)c(=O)nc1N. The Balaban J connectivity index is 2.29. The fourth-order valence-electron chi connectivity index (χ4n) is 2.64. The second-order valence-electron chi connectivity index (χ2n) is 5.59. The van der Waals surface area contributed by atoms with Crippen LogP contribution >= 0.6 is 0 Å². The second kappa shape index (κ2) is 7.04. The van der Waals surface area contributed by atoms with Crippen molar-refractivity contribution in [3.05, 3.63) is 33.9 Å². The van der Waals surface area contributed by atoms with Crippen molar-refractivity contribution in [1.29, 1.82) is 0 Å². The third-order valence-corrected chi connectivity index (χ3v) is 3.78. The van der Waals surface area contributed by atoms with Gasteiger partial charge in [0.2, 0.25) is 0 Å². The third kappa shape index (κ3) is 3.55. The van der Waals surface area contributed by atoms with Crippen molar-refractivity contribution in [3.63, 3.8) is 0 Å². The highest BCUT2D eigenvalue weighted by Crippen LogP contribution is 2.28. The largest absolute Gasteiger partial charge is 0.394 e. The molecule has 0 aliphatic carbocycles. The van der Waals surface area contributed by atoms with E-state index in [2.05, 4.69) is 18.0 Å². The molecule has 7 heteroatoms. The molecule has 1 fully saturated rings. The summed E-state index contributed by atoms with van der Waals surface area (Å²) in [5, 5.41) is 18.9. The zero-order valence-corrected chi connectivity index (χ0v) is 12.9. The topological polar surface area (TPSA) is 111 Å². The first-order valence-corrected chi connectivity index (χ1v) is 7.43. The summed E-state index contributed by atoms with van der Waals surface area (Å²) < 4.78 is 6.84. The number of ether oxygens (including phenoxy) is 1. The van der Waals surface area contributed by atoms with E-state index in [1.54, 1.807) is 6.20 Å². The molecule has 0 bridgehead atoms. The highest BCUT2D eigenvalue weighted by molar-refractivity contribution is 5.39. The minimum atomic E-state index is -0.801. The van der Waals surface area contributed by atoms with Crippen LogP contribution in [0.2, 0.25) is 0 Å². The van der Waals surface area contributed by atoms with Crippen LogP contribution in [0.1, 0.15) is 38.5 Å². The molecular weight excluding hydrogens is 286 g/mol. The van der Waals surface area contributed by atoms with E-state index in [0.717, 1.165) is 17.6 Å². The van der Waals surface area contributed by atoms with Gasteiger partial charge < -0.3 is 20.7 Å². The number of aromatic nitrogens is 2. The Kier molecular flexibility index (Phi) is 5.33. The smallest absolute Gasteiger partial charge is 0.351 e. The Hall–Kier alpha value is -1.70. The van der Waals surface area contributed by atoms with Crippen molar-refractivity contribution < 1.29 is 14.9 Å². The maximum atomic E-state index is 12.0. The van der Waals surface area contributed by atoms with Gasteiger partial charge >= 0.3 is 5.69 Å². The molecule has 0 saturated carbocycles. The lowest BCUT2D eigenvalue weighted by molar-refractivity contribution is -0.0459. The quantitative estimate of drug-likeness (QED) is 0.678. The normalized spacial score (nSPS) is 25.6. The van der Waals surface area contributed by atoms with Crippen LogP contribution < -0.4 is 11.4 Å². The Bertz CT molecular complexity index is 611. The van der Waals surface area contributed by atoms with E-state index in [0.29, 0.717) is 6.42 Å². The fourth-order valence-corrected chi connectivity index (χ4v) is 2.64. The second-order valence-corrected chi connectivity index (χ2v) is 5.59. The molecule has 0 amide bonds. The first-order valence-electron chi connectivity index (χ1n) is 7.43. The van der Waals surface area contributed by atoms with Gasteiger partial charge in [0.25, 0.3) is 0 Å². The molecule has 0 unspecified atom stereocenters. The number of rotatable bonds is 5. The van der Waals surface area contributed by atoms with Crippen LogP contribution in [0.3, 0.4) is 0 Å². The number of aliphatic hydroxyl groups is 2. The van der Waals surface area contributed by atoms with Crippen LogP contribution in [0.5, 0.6) is 0 Å². The molecule has 122 valence electrons. The van der Waals surface area contributed by atoms with E-state index in [1.807, 2.05) is 6.92 Å². The zero-order chi connectivity index (χ0) is 16.3. The summed E-state index contributed by atoms with van der Waals surface area (Å²) in [4.78, 5) is 15.9. The van der Waals surface area contributed by atoms with Gasteiger partial charge in [0.1, 0.15) is 18.1 Å². The number of hydrogen-bond acceptors (Lipinski definition) is 6. The van der Waals surface area contributed by atoms with Gasteiger partial charge in [-0.3, -0.25) is 4.57 Å². The van der Waals surface area contributed by atoms with Crippen LogP contribution in [0.25, 0.3) is 0 Å². The molecule has 1 aromatic rings. The van der Waals surface area contributed by atoms with Gasteiger partial charge in [-0.05, 0) is 19.8 Å². The molecule has 2 heterocycles. The standard InChI is InChI=1S/C15H23N3O4/c1-3-4-9(2)5-10-7-18(15(21)17-14(10)16)13-6-11(20)12(8-19)22-13/h4,7,11-13,19-20H,3,5-6,8H2,1-2H3,(H2,16,17,21)/t11-,12+,13+/m0/s1. The van der Waals surface area contributed by atoms with Crippen LogP contribution in [0, 0.1) is 0 Å². The number of nitrogens with zero attached hydrogens (tertiary/aromatic N) is 2. The van der Waals surface area contributed by atoms with Crippen molar-refractivity contribution >= 4 is 5.82 Å². The summed E-state index contributed by atoms with van der Waals surface area (Å²) in [5.41, 5.74) is 7.20. The molecule has 4 N–H and O–H groups in total. The number of allylic oxidation sites excluding steroid dienone is 2. The fraction of sp³-hybridized carbons (Fsp3) is 0.600. The van der Waals surface area contributed by atoms with Gasteiger partial charge in [0, 0.05) is 18.2 Å². The number of nitrogen functional groups attached to an aromatic ring is 1. The maximum Gasteiger partial charge on any atom is 0.351 e. The third-order valence-electron chi connectivity index (χ3n) is 3.78. The van der Waals surface area contributed by atoms with Crippen LogP contribution in [-0.2, 0) is 11.2 Å². The average Bonchev–Trinajstić information content (AvgIpc) is 2.83. The molecule has 2 rings (SSSR count). The predicted octanol–water partition coefficient (Wildman–Crippen LogP) is 0.365. The molecular formula is C15H23N3O4. The molecule has 22 heavy (non-hydrogen) atoms. The van der Waals surface area contributed by atoms with Crippen molar-refractivity contribution in [2.24, 2.45) is 0 Å². The summed E-state index contributed by atoms with van der Waals surface area (Å²) in [6.07, 6.45) is 3.37. The van der Waals surface area contributed by atoms with E-state index >= 15 is 0 Å². The highest BCUT2D eigenvalue weighted by atomic mass is 16.5. The summed E-state index contributed by atoms with van der Waals surface area (Å²) in [6, 6.07) is 0. The highest BCUT2D eigenvalue weighted by Gasteiger charge is 2.35. The lowest BCUT2D eigenvalue weighted by Crippen LogP contribution is -2.29. The van der Waals surface area contributed by atoms with Gasteiger partial charge in [0.05, 0.1) is 12.7 Å². The molecule has 1 aliphatic rings. The van der Waals surface area contributed by atoms with Crippen molar-refractivity contribution in [2.45, 2.75) is 51.5 Å². The van der Waals surface area contributed by atoms with Crippen LogP contribution in [0.15, 0.2) is 22.6 Å². The Morgan fingerprint density at radius 3 is 2.95 bits per heavy atom. The predicted molar refractivity (Wildman–Crippen MR) is 82.3 cm³/mol.